The number of Topliss-reactive ketones (excluding diaryl/α,β-unsaturated/α-hetero) is 2. The second-order valence-electron chi connectivity index (χ2n) is 13.8. The van der Waals surface area contributed by atoms with Crippen LogP contribution in [0.2, 0.25) is 0 Å². The van der Waals surface area contributed by atoms with E-state index in [4.69, 9.17) is 4.74 Å². The molecule has 4 fully saturated rings. The van der Waals surface area contributed by atoms with Crippen molar-refractivity contribution in [2.45, 2.75) is 130 Å². The molecule has 210 valence electrons. The van der Waals surface area contributed by atoms with Gasteiger partial charge in [-0.25, -0.2) is 0 Å². The predicted octanol–water partition coefficient (Wildman–Crippen LogP) is 5.26. The second kappa shape index (κ2) is 11.1. The first-order valence-corrected chi connectivity index (χ1v) is 14.9. The monoisotopic (exact) mass is 518 g/mol. The average Bonchev–Trinajstić information content (AvgIpc) is 3.17. The van der Waals surface area contributed by atoms with Crippen LogP contribution in [0.3, 0.4) is 0 Å². The van der Waals surface area contributed by atoms with E-state index >= 15 is 0 Å². The summed E-state index contributed by atoms with van der Waals surface area (Å²) in [4.78, 5) is 35.1. The molecule has 0 aromatic rings. The van der Waals surface area contributed by atoms with Gasteiger partial charge in [-0.3, -0.25) is 4.79 Å². The van der Waals surface area contributed by atoms with E-state index in [2.05, 4.69) is 20.8 Å². The fraction of sp³-hybridized carbons (Fsp3) is 0.903. The lowest BCUT2D eigenvalue weighted by atomic mass is 9.43. The van der Waals surface area contributed by atoms with Crippen molar-refractivity contribution in [1.82, 2.24) is 0 Å². The van der Waals surface area contributed by atoms with E-state index in [-0.39, 0.29) is 58.6 Å². The highest BCUT2D eigenvalue weighted by molar-refractivity contribution is 5.76. The molecule has 4 rings (SSSR count). The van der Waals surface area contributed by atoms with E-state index in [1.165, 1.54) is 0 Å². The molecule has 0 spiro atoms. The van der Waals surface area contributed by atoms with Crippen molar-refractivity contribution >= 4 is 17.5 Å². The summed E-state index contributed by atoms with van der Waals surface area (Å²) in [5, 5.41) is 23.3. The summed E-state index contributed by atoms with van der Waals surface area (Å²) in [6, 6.07) is 0. The molecule has 0 aromatic heterocycles. The molecule has 0 aromatic carbocycles. The van der Waals surface area contributed by atoms with Gasteiger partial charge in [0, 0.05) is 19.3 Å². The fourth-order valence-electron chi connectivity index (χ4n) is 9.58. The van der Waals surface area contributed by atoms with Crippen molar-refractivity contribution in [2.75, 3.05) is 0 Å². The number of ether oxygens (including phenoxy) is 1. The van der Waals surface area contributed by atoms with Crippen LogP contribution in [-0.2, 0) is 19.1 Å². The van der Waals surface area contributed by atoms with E-state index in [1.54, 1.807) is 13.8 Å². The molecule has 0 amide bonds. The molecule has 4 saturated carbocycles. The molecule has 2 N–H and O–H groups in total. The minimum Gasteiger partial charge on any atom is -0.462 e. The van der Waals surface area contributed by atoms with E-state index in [1.807, 2.05) is 0 Å². The minimum absolute atomic E-state index is 0.0298. The van der Waals surface area contributed by atoms with Crippen molar-refractivity contribution in [3.8, 4) is 0 Å². The van der Waals surface area contributed by atoms with E-state index in [0.29, 0.717) is 37.0 Å². The van der Waals surface area contributed by atoms with Crippen molar-refractivity contribution in [2.24, 2.45) is 46.3 Å². The molecule has 0 bridgehead atoms. The van der Waals surface area contributed by atoms with Gasteiger partial charge in [0.1, 0.15) is 17.7 Å². The lowest BCUT2D eigenvalue weighted by molar-refractivity contribution is -0.209. The van der Waals surface area contributed by atoms with Gasteiger partial charge in [-0.15, -0.1) is 0 Å². The largest absolute Gasteiger partial charge is 0.462 e. The third-order valence-corrected chi connectivity index (χ3v) is 11.7. The van der Waals surface area contributed by atoms with Crippen LogP contribution < -0.4 is 0 Å². The van der Waals surface area contributed by atoms with E-state index in [9.17, 15) is 24.6 Å². The number of carbonyl (C=O) groups is 3. The molecule has 0 radical (unpaired) electrons. The number of esters is 1. The maximum atomic E-state index is 12.4. The van der Waals surface area contributed by atoms with Gasteiger partial charge < -0.3 is 24.5 Å². The fourth-order valence-corrected chi connectivity index (χ4v) is 9.58. The Kier molecular flexibility index (Phi) is 8.60. The SMILES string of the molecule is CC(=O)CCCC(=O)O[C@H]1CC[C@@]2(C)[C@@H](C1)C[C@H](O)[C@@H]1[C@@H]2C[C@H](O)[C@]2(C)[C@@H](C(C)CCC(C)=O)CC[C@@H]12. The quantitative estimate of drug-likeness (QED) is 0.404. The van der Waals surface area contributed by atoms with Gasteiger partial charge in [0.15, 0.2) is 0 Å². The predicted molar refractivity (Wildman–Crippen MR) is 141 cm³/mol. The summed E-state index contributed by atoms with van der Waals surface area (Å²) in [6.45, 7) is 10.1. The maximum absolute atomic E-state index is 12.4. The molecule has 6 nitrogen and oxygen atoms in total. The van der Waals surface area contributed by atoms with Crippen LogP contribution in [0.1, 0.15) is 112 Å². The number of aliphatic hydroxyl groups is 2. The first-order chi connectivity index (χ1) is 17.4. The van der Waals surface area contributed by atoms with Crippen molar-refractivity contribution in [3.63, 3.8) is 0 Å². The number of rotatable bonds is 9. The topological polar surface area (TPSA) is 101 Å². The standard InChI is InChI=1S/C31H50O6/c1-18(9-10-20(3)33)23-11-12-24-29-25(17-27(35)31(23,24)5)30(4)14-13-22(15-21(30)16-26(29)34)37-28(36)8-6-7-19(2)32/h18,21-27,29,34-35H,6-17H2,1-5H3/t18?,21-,22-,23+,24-,25-,26-,27-,29-,30-,31+/m0/s1. The third kappa shape index (κ3) is 5.44. The minimum atomic E-state index is -0.398. The summed E-state index contributed by atoms with van der Waals surface area (Å²) in [5.41, 5.74) is -0.184. The Balaban J connectivity index is 1.45. The maximum Gasteiger partial charge on any atom is 0.306 e. The zero-order valence-electron chi connectivity index (χ0n) is 23.7. The number of aliphatic hydroxyl groups excluding tert-OH is 2. The summed E-state index contributed by atoms with van der Waals surface area (Å²) in [7, 11) is 0. The molecule has 4 aliphatic carbocycles. The Morgan fingerprint density at radius 2 is 1.62 bits per heavy atom. The highest BCUT2D eigenvalue weighted by Crippen LogP contribution is 2.68. The van der Waals surface area contributed by atoms with Crippen molar-refractivity contribution in [3.05, 3.63) is 0 Å². The van der Waals surface area contributed by atoms with Gasteiger partial charge in [0.25, 0.3) is 0 Å². The van der Waals surface area contributed by atoms with Crippen LogP contribution in [0.25, 0.3) is 0 Å². The number of carbonyl (C=O) groups excluding carboxylic acids is 3. The highest BCUT2D eigenvalue weighted by Gasteiger charge is 2.65. The van der Waals surface area contributed by atoms with Crippen LogP contribution in [0.4, 0.5) is 0 Å². The molecular weight excluding hydrogens is 468 g/mol. The molecule has 1 unspecified atom stereocenters. The first-order valence-electron chi connectivity index (χ1n) is 14.9. The lowest BCUT2D eigenvalue weighted by Crippen LogP contribution is -2.62. The lowest BCUT2D eigenvalue weighted by Gasteiger charge is -2.63. The number of ketones is 2. The van der Waals surface area contributed by atoms with Crippen LogP contribution in [0, 0.1) is 46.3 Å². The summed E-state index contributed by atoms with van der Waals surface area (Å²) < 4.78 is 5.82. The van der Waals surface area contributed by atoms with Gasteiger partial charge in [-0.2, -0.15) is 0 Å². The first kappa shape index (κ1) is 28.7. The molecule has 6 heteroatoms. The van der Waals surface area contributed by atoms with Crippen molar-refractivity contribution < 1.29 is 29.3 Å². The van der Waals surface area contributed by atoms with Crippen LogP contribution in [0.5, 0.6) is 0 Å². The van der Waals surface area contributed by atoms with Gasteiger partial charge in [-0.05, 0) is 118 Å². The Bertz CT molecular complexity index is 870. The average molecular weight is 519 g/mol. The molecule has 37 heavy (non-hydrogen) atoms. The van der Waals surface area contributed by atoms with E-state index < -0.39 is 12.2 Å². The zero-order valence-corrected chi connectivity index (χ0v) is 23.7. The van der Waals surface area contributed by atoms with Gasteiger partial charge in [0.2, 0.25) is 0 Å². The molecule has 0 saturated heterocycles. The van der Waals surface area contributed by atoms with E-state index in [0.717, 1.165) is 51.4 Å². The Morgan fingerprint density at radius 1 is 0.919 bits per heavy atom. The molecule has 4 aliphatic rings. The smallest absolute Gasteiger partial charge is 0.306 e. The van der Waals surface area contributed by atoms with Crippen LogP contribution >= 0.6 is 0 Å². The van der Waals surface area contributed by atoms with Gasteiger partial charge in [-0.1, -0.05) is 20.8 Å². The Hall–Kier alpha value is -1.27. The second-order valence-corrected chi connectivity index (χ2v) is 13.8. The number of hydrogen-bond acceptors (Lipinski definition) is 6. The van der Waals surface area contributed by atoms with Crippen LogP contribution in [-0.4, -0.2) is 46.1 Å². The van der Waals surface area contributed by atoms with Crippen LogP contribution in [0.15, 0.2) is 0 Å². The Labute approximate surface area is 223 Å². The number of fused-ring (bicyclic) bond motifs is 5. The summed E-state index contributed by atoms with van der Waals surface area (Å²) in [6.07, 6.45) is 7.93. The number of hydrogen-bond donors (Lipinski definition) is 2. The Morgan fingerprint density at radius 3 is 2.30 bits per heavy atom. The molecular formula is C31H50O6. The third-order valence-electron chi connectivity index (χ3n) is 11.7. The highest BCUT2D eigenvalue weighted by atomic mass is 16.5. The summed E-state index contributed by atoms with van der Waals surface area (Å²) in [5.74, 6) is 1.92. The molecule has 0 aliphatic heterocycles. The van der Waals surface area contributed by atoms with Crippen molar-refractivity contribution in [1.29, 1.82) is 0 Å². The molecule has 0 heterocycles. The summed E-state index contributed by atoms with van der Waals surface area (Å²) >= 11 is 0. The zero-order chi connectivity index (χ0) is 27.1. The molecule has 11 atom stereocenters. The van der Waals surface area contributed by atoms with Gasteiger partial charge in [0.05, 0.1) is 12.2 Å². The normalized spacial score (nSPS) is 43.8. The van der Waals surface area contributed by atoms with Gasteiger partial charge >= 0.3 is 5.97 Å².